The van der Waals surface area contributed by atoms with Gasteiger partial charge in [-0.3, -0.25) is 0 Å². The lowest BCUT2D eigenvalue weighted by Gasteiger charge is -2.54. The summed E-state index contributed by atoms with van der Waals surface area (Å²) in [4.78, 5) is 2.90. The summed E-state index contributed by atoms with van der Waals surface area (Å²) in [5.74, 6) is 0. The average molecular weight is 644 g/mol. The van der Waals surface area contributed by atoms with Gasteiger partial charge in [-0.2, -0.15) is 0 Å². The Labute approximate surface area is 296 Å². The second-order valence-corrected chi connectivity index (χ2v) is 14.0. The molecule has 2 atom stereocenters. The number of hydrogen-bond acceptors (Lipinski definition) is 1. The minimum atomic E-state index is -0.656. The molecule has 242 valence electrons. The molecule has 0 radical (unpaired) electrons. The van der Waals surface area contributed by atoms with E-state index in [1.54, 1.807) is 0 Å². The van der Waals surface area contributed by atoms with E-state index in [-0.39, 0.29) is 0 Å². The topological polar surface area (TPSA) is 3.24 Å². The Balaban J connectivity index is 1.64. The summed E-state index contributed by atoms with van der Waals surface area (Å²) in [6.07, 6.45) is 3.12. The number of hydrogen-bond donors (Lipinski definition) is 0. The fraction of sp³-hybridized carbons (Fsp3) is 0.143. The fourth-order valence-corrected chi connectivity index (χ4v) is 10.8. The molecule has 1 nitrogen and oxygen atoms in total. The zero-order chi connectivity index (χ0) is 33.5. The first kappa shape index (κ1) is 30.4. The molecule has 1 aliphatic heterocycles. The predicted molar refractivity (Wildman–Crippen MR) is 206 cm³/mol. The van der Waals surface area contributed by atoms with Crippen molar-refractivity contribution in [2.75, 3.05) is 4.90 Å². The van der Waals surface area contributed by atoms with Crippen LogP contribution in [0.15, 0.2) is 212 Å². The summed E-state index contributed by atoms with van der Waals surface area (Å²) in [5.41, 5.74) is 6.97. The van der Waals surface area contributed by atoms with Crippen LogP contribution in [0.25, 0.3) is 0 Å². The van der Waals surface area contributed by atoms with E-state index < -0.39 is 21.9 Å². The smallest absolute Gasteiger partial charge is 0.102 e. The molecule has 2 unspecified atom stereocenters. The zero-order valence-corrected chi connectivity index (χ0v) is 28.3. The molecule has 0 N–H and O–H groups in total. The Kier molecular flexibility index (Phi) is 7.32. The van der Waals surface area contributed by atoms with Crippen molar-refractivity contribution in [3.05, 3.63) is 246 Å². The van der Waals surface area contributed by atoms with Crippen LogP contribution in [-0.2, 0) is 21.9 Å². The van der Waals surface area contributed by atoms with Gasteiger partial charge in [0.15, 0.2) is 0 Å². The van der Waals surface area contributed by atoms with Crippen LogP contribution in [0.4, 0.5) is 5.69 Å². The second-order valence-electron chi connectivity index (χ2n) is 14.0. The first-order chi connectivity index (χ1) is 24.8. The van der Waals surface area contributed by atoms with Crippen molar-refractivity contribution in [1.29, 1.82) is 0 Å². The van der Waals surface area contributed by atoms with Crippen LogP contribution in [0.2, 0.25) is 0 Å². The number of para-hydroxylation sites is 1. The standard InChI is InChI=1S/C49H41N/c1-8-23-39(24-9-1)46-37-22-38-47(46,40-25-10-2-11-26-40)49(43-31-16-5-17-32-43,44-33-18-6-19-34-44)50(45-35-20-7-21-36-45)48(46,41-27-12-3-13-28-41)42-29-14-4-15-30-42/h1-21,23-36H,22,37-38H2. The first-order valence-electron chi connectivity index (χ1n) is 18.0. The van der Waals surface area contributed by atoms with Crippen molar-refractivity contribution in [2.24, 2.45) is 0 Å². The van der Waals surface area contributed by atoms with Crippen molar-refractivity contribution in [2.45, 2.75) is 41.2 Å². The lowest BCUT2D eigenvalue weighted by Crippen LogP contribution is -2.57. The molecule has 1 aliphatic carbocycles. The molecule has 1 saturated carbocycles. The minimum absolute atomic E-state index is 0.438. The van der Waals surface area contributed by atoms with Gasteiger partial charge in [-0.25, -0.2) is 0 Å². The van der Waals surface area contributed by atoms with E-state index in [2.05, 4.69) is 217 Å². The summed E-state index contributed by atoms with van der Waals surface area (Å²) in [7, 11) is 0. The highest BCUT2D eigenvalue weighted by Gasteiger charge is 2.84. The Morgan fingerprint density at radius 2 is 0.520 bits per heavy atom. The Bertz CT molecular complexity index is 1950. The van der Waals surface area contributed by atoms with Crippen LogP contribution in [0.5, 0.6) is 0 Å². The van der Waals surface area contributed by atoms with Crippen LogP contribution in [0, 0.1) is 0 Å². The maximum Gasteiger partial charge on any atom is 0.102 e. The number of anilines is 1. The summed E-state index contributed by atoms with van der Waals surface area (Å²) in [5, 5.41) is 0. The molecular weight excluding hydrogens is 603 g/mol. The molecule has 7 aromatic carbocycles. The highest BCUT2D eigenvalue weighted by Crippen LogP contribution is 2.80. The molecule has 7 aromatic rings. The molecular formula is C49H41N. The quantitative estimate of drug-likeness (QED) is 0.167. The summed E-state index contributed by atoms with van der Waals surface area (Å²) >= 11 is 0. The molecule has 1 heteroatoms. The molecule has 0 bridgehead atoms. The summed E-state index contributed by atoms with van der Waals surface area (Å²) in [6.45, 7) is 0. The number of rotatable bonds is 7. The molecule has 0 spiro atoms. The van der Waals surface area contributed by atoms with Crippen LogP contribution < -0.4 is 4.90 Å². The third-order valence-electron chi connectivity index (χ3n) is 12.1. The molecule has 0 amide bonds. The number of nitrogens with zero attached hydrogens (tertiary/aromatic N) is 1. The van der Waals surface area contributed by atoms with Gasteiger partial charge in [-0.1, -0.05) is 207 Å². The van der Waals surface area contributed by atoms with Gasteiger partial charge in [0.05, 0.1) is 0 Å². The van der Waals surface area contributed by atoms with Crippen LogP contribution in [0.3, 0.4) is 0 Å². The maximum atomic E-state index is 2.90. The molecule has 1 heterocycles. The molecule has 2 aliphatic rings. The minimum Gasteiger partial charge on any atom is -0.342 e. The van der Waals surface area contributed by atoms with E-state index in [0.29, 0.717) is 0 Å². The number of benzene rings is 7. The fourth-order valence-electron chi connectivity index (χ4n) is 10.8. The van der Waals surface area contributed by atoms with E-state index >= 15 is 0 Å². The maximum absolute atomic E-state index is 2.90. The SMILES string of the molecule is c1ccc(N2C(c3ccccc3)(c3ccccc3)C3(c4ccccc4)CCCC3(c3ccccc3)C2(c2ccccc2)c2ccccc2)cc1. The van der Waals surface area contributed by atoms with E-state index in [4.69, 9.17) is 0 Å². The summed E-state index contributed by atoms with van der Waals surface area (Å²) < 4.78 is 0. The third-order valence-corrected chi connectivity index (χ3v) is 12.1. The van der Waals surface area contributed by atoms with Crippen molar-refractivity contribution in [3.63, 3.8) is 0 Å². The molecule has 0 aromatic heterocycles. The van der Waals surface area contributed by atoms with Gasteiger partial charge < -0.3 is 4.90 Å². The van der Waals surface area contributed by atoms with Gasteiger partial charge in [-0.15, -0.1) is 0 Å². The van der Waals surface area contributed by atoms with Crippen LogP contribution >= 0.6 is 0 Å². The van der Waals surface area contributed by atoms with Gasteiger partial charge in [-0.05, 0) is 58.4 Å². The monoisotopic (exact) mass is 643 g/mol. The molecule has 2 fully saturated rings. The van der Waals surface area contributed by atoms with Crippen LogP contribution in [-0.4, -0.2) is 0 Å². The lowest BCUT2D eigenvalue weighted by molar-refractivity contribution is 0.198. The molecule has 9 rings (SSSR count). The summed E-state index contributed by atoms with van der Waals surface area (Å²) in [6, 6.07) is 80.2. The Morgan fingerprint density at radius 1 is 0.280 bits per heavy atom. The van der Waals surface area contributed by atoms with Crippen molar-refractivity contribution >= 4 is 5.69 Å². The normalized spacial score (nSPS) is 21.8. The molecule has 50 heavy (non-hydrogen) atoms. The van der Waals surface area contributed by atoms with E-state index in [9.17, 15) is 0 Å². The van der Waals surface area contributed by atoms with E-state index in [0.717, 1.165) is 19.3 Å². The van der Waals surface area contributed by atoms with E-state index in [1.807, 2.05) is 0 Å². The van der Waals surface area contributed by atoms with E-state index in [1.165, 1.54) is 39.1 Å². The van der Waals surface area contributed by atoms with Crippen molar-refractivity contribution in [1.82, 2.24) is 0 Å². The van der Waals surface area contributed by atoms with Gasteiger partial charge in [0.25, 0.3) is 0 Å². The third kappa shape index (κ3) is 3.84. The average Bonchev–Trinajstić information content (AvgIpc) is 3.71. The number of fused-ring (bicyclic) bond motifs is 1. The molecule has 1 saturated heterocycles. The van der Waals surface area contributed by atoms with Crippen LogP contribution in [0.1, 0.15) is 52.6 Å². The van der Waals surface area contributed by atoms with Gasteiger partial charge >= 0.3 is 0 Å². The Morgan fingerprint density at radius 3 is 0.800 bits per heavy atom. The Hall–Kier alpha value is -5.66. The largest absolute Gasteiger partial charge is 0.342 e. The predicted octanol–water partition coefficient (Wildman–Crippen LogP) is 11.5. The van der Waals surface area contributed by atoms with Gasteiger partial charge in [0.1, 0.15) is 11.1 Å². The lowest BCUT2D eigenvalue weighted by atomic mass is 9.46. The zero-order valence-electron chi connectivity index (χ0n) is 28.3. The highest BCUT2D eigenvalue weighted by atomic mass is 15.4. The van der Waals surface area contributed by atoms with Crippen molar-refractivity contribution < 1.29 is 0 Å². The van der Waals surface area contributed by atoms with Crippen molar-refractivity contribution in [3.8, 4) is 0 Å². The first-order valence-corrected chi connectivity index (χ1v) is 18.0. The second kappa shape index (κ2) is 12.0. The van der Waals surface area contributed by atoms with Gasteiger partial charge in [0.2, 0.25) is 0 Å². The van der Waals surface area contributed by atoms with Gasteiger partial charge in [0, 0.05) is 16.5 Å². The highest BCUT2D eigenvalue weighted by molar-refractivity contribution is 5.77.